The second-order valence-corrected chi connectivity index (χ2v) is 4.17. The molecule has 14 heavy (non-hydrogen) atoms. The summed E-state index contributed by atoms with van der Waals surface area (Å²) in [5, 5.41) is 6.69. The molecule has 0 spiro atoms. The molecular formula is C10H18N2OS. The average Bonchev–Trinajstić information content (AvgIpc) is 2.58. The van der Waals surface area contributed by atoms with Crippen LogP contribution in [0.3, 0.4) is 0 Å². The van der Waals surface area contributed by atoms with Gasteiger partial charge in [0.15, 0.2) is 0 Å². The van der Waals surface area contributed by atoms with Crippen LogP contribution in [0, 0.1) is 6.92 Å². The van der Waals surface area contributed by atoms with E-state index in [1.165, 1.54) is 5.01 Å². The Morgan fingerprint density at radius 2 is 2.36 bits per heavy atom. The zero-order valence-electron chi connectivity index (χ0n) is 8.88. The normalized spacial score (nSPS) is 10.7. The van der Waals surface area contributed by atoms with Gasteiger partial charge in [0.2, 0.25) is 0 Å². The van der Waals surface area contributed by atoms with Crippen molar-refractivity contribution >= 4 is 11.3 Å². The van der Waals surface area contributed by atoms with Crippen molar-refractivity contribution < 1.29 is 4.74 Å². The lowest BCUT2D eigenvalue weighted by molar-refractivity contribution is 0.194. The van der Waals surface area contributed by atoms with E-state index in [0.29, 0.717) is 0 Å². The van der Waals surface area contributed by atoms with Crippen molar-refractivity contribution in [3.63, 3.8) is 0 Å². The molecule has 4 heteroatoms. The highest BCUT2D eigenvalue weighted by Gasteiger charge is 1.97. The monoisotopic (exact) mass is 214 g/mol. The molecule has 0 unspecified atom stereocenters. The molecule has 0 aliphatic heterocycles. The van der Waals surface area contributed by atoms with E-state index >= 15 is 0 Å². The first-order valence-electron chi connectivity index (χ1n) is 4.93. The van der Waals surface area contributed by atoms with Gasteiger partial charge in [-0.15, -0.1) is 11.3 Å². The summed E-state index contributed by atoms with van der Waals surface area (Å²) in [4.78, 5) is 4.40. The van der Waals surface area contributed by atoms with E-state index in [0.717, 1.165) is 38.2 Å². The Labute approximate surface area is 89.5 Å². The maximum atomic E-state index is 4.96. The molecule has 1 aromatic heterocycles. The molecule has 0 aliphatic carbocycles. The molecule has 1 aromatic rings. The van der Waals surface area contributed by atoms with Gasteiger partial charge in [-0.25, -0.2) is 4.98 Å². The third-order valence-corrected chi connectivity index (χ3v) is 2.91. The number of nitrogens with one attached hydrogen (secondary N) is 1. The SMILES string of the molecule is COCCCNCCc1nc(C)cs1. The van der Waals surface area contributed by atoms with Crippen LogP contribution in [-0.4, -0.2) is 31.8 Å². The molecule has 0 amide bonds. The van der Waals surface area contributed by atoms with Crippen LogP contribution in [0.25, 0.3) is 0 Å². The van der Waals surface area contributed by atoms with Gasteiger partial charge in [-0.3, -0.25) is 0 Å². The second kappa shape index (κ2) is 6.92. The van der Waals surface area contributed by atoms with Crippen LogP contribution in [0.15, 0.2) is 5.38 Å². The third-order valence-electron chi connectivity index (χ3n) is 1.88. The van der Waals surface area contributed by atoms with Gasteiger partial charge in [-0.2, -0.15) is 0 Å². The van der Waals surface area contributed by atoms with Gasteiger partial charge in [0, 0.05) is 37.8 Å². The van der Waals surface area contributed by atoms with Crippen molar-refractivity contribution in [3.05, 3.63) is 16.1 Å². The van der Waals surface area contributed by atoms with Crippen LogP contribution in [0.4, 0.5) is 0 Å². The predicted molar refractivity (Wildman–Crippen MR) is 59.9 cm³/mol. The van der Waals surface area contributed by atoms with Gasteiger partial charge in [0.25, 0.3) is 0 Å². The minimum atomic E-state index is 0.837. The molecule has 0 aromatic carbocycles. The molecule has 0 saturated heterocycles. The molecule has 0 fully saturated rings. The Kier molecular flexibility index (Phi) is 5.75. The molecule has 1 rings (SSSR count). The standard InChI is InChI=1S/C10H18N2OS/c1-9-8-14-10(12-9)4-6-11-5-3-7-13-2/h8,11H,3-7H2,1-2H3. The Balaban J connectivity index is 1.99. The van der Waals surface area contributed by atoms with Crippen molar-refractivity contribution in [1.82, 2.24) is 10.3 Å². The summed E-state index contributed by atoms with van der Waals surface area (Å²) in [5.74, 6) is 0. The fourth-order valence-electron chi connectivity index (χ4n) is 1.18. The number of methoxy groups -OCH3 is 1. The highest BCUT2D eigenvalue weighted by Crippen LogP contribution is 2.08. The number of nitrogens with zero attached hydrogens (tertiary/aromatic N) is 1. The zero-order chi connectivity index (χ0) is 10.2. The Morgan fingerprint density at radius 1 is 1.50 bits per heavy atom. The number of aromatic nitrogens is 1. The second-order valence-electron chi connectivity index (χ2n) is 3.23. The van der Waals surface area contributed by atoms with Crippen molar-refractivity contribution in [3.8, 4) is 0 Å². The Hall–Kier alpha value is -0.450. The summed E-state index contributed by atoms with van der Waals surface area (Å²) < 4.78 is 4.96. The zero-order valence-corrected chi connectivity index (χ0v) is 9.69. The molecule has 0 atom stereocenters. The highest BCUT2D eigenvalue weighted by atomic mass is 32.1. The fourth-order valence-corrected chi connectivity index (χ4v) is 1.96. The van der Waals surface area contributed by atoms with Gasteiger partial charge in [0.05, 0.1) is 5.01 Å². The van der Waals surface area contributed by atoms with Crippen LogP contribution in [0.1, 0.15) is 17.1 Å². The largest absolute Gasteiger partial charge is 0.385 e. The summed E-state index contributed by atoms with van der Waals surface area (Å²) >= 11 is 1.74. The smallest absolute Gasteiger partial charge is 0.0940 e. The van der Waals surface area contributed by atoms with Gasteiger partial charge < -0.3 is 10.1 Å². The lowest BCUT2D eigenvalue weighted by Gasteiger charge is -2.02. The van der Waals surface area contributed by atoms with Gasteiger partial charge in [0.1, 0.15) is 0 Å². The fraction of sp³-hybridized carbons (Fsp3) is 0.700. The number of hydrogen-bond donors (Lipinski definition) is 1. The first-order valence-corrected chi connectivity index (χ1v) is 5.81. The molecule has 1 N–H and O–H groups in total. The maximum Gasteiger partial charge on any atom is 0.0940 e. The summed E-state index contributed by atoms with van der Waals surface area (Å²) in [7, 11) is 1.73. The highest BCUT2D eigenvalue weighted by molar-refractivity contribution is 7.09. The molecule has 1 heterocycles. The molecule has 80 valence electrons. The number of rotatable bonds is 7. The van der Waals surface area contributed by atoms with E-state index in [-0.39, 0.29) is 0 Å². The quantitative estimate of drug-likeness (QED) is 0.700. The molecule has 0 saturated carbocycles. The van der Waals surface area contributed by atoms with Gasteiger partial charge in [-0.05, 0) is 19.9 Å². The summed E-state index contributed by atoms with van der Waals surface area (Å²) in [6.07, 6.45) is 2.11. The number of aryl methyl sites for hydroxylation is 1. The van der Waals surface area contributed by atoms with Crippen LogP contribution < -0.4 is 5.32 Å². The van der Waals surface area contributed by atoms with Gasteiger partial charge >= 0.3 is 0 Å². The van der Waals surface area contributed by atoms with Crippen molar-refractivity contribution in [2.75, 3.05) is 26.8 Å². The Bertz CT molecular complexity index is 250. The molecular weight excluding hydrogens is 196 g/mol. The lowest BCUT2D eigenvalue weighted by Crippen LogP contribution is -2.19. The number of ether oxygens (including phenoxy) is 1. The van der Waals surface area contributed by atoms with E-state index in [1.54, 1.807) is 18.4 Å². The minimum absolute atomic E-state index is 0.837. The summed E-state index contributed by atoms with van der Waals surface area (Å²) in [5.41, 5.74) is 1.13. The van der Waals surface area contributed by atoms with E-state index in [1.807, 2.05) is 6.92 Å². The molecule has 0 radical (unpaired) electrons. The van der Waals surface area contributed by atoms with Crippen molar-refractivity contribution in [2.45, 2.75) is 19.8 Å². The lowest BCUT2D eigenvalue weighted by atomic mass is 10.4. The topological polar surface area (TPSA) is 34.1 Å². The van der Waals surface area contributed by atoms with Crippen LogP contribution >= 0.6 is 11.3 Å². The first-order chi connectivity index (χ1) is 6.83. The first kappa shape index (κ1) is 11.6. The van der Waals surface area contributed by atoms with E-state index < -0.39 is 0 Å². The summed E-state index contributed by atoms with van der Waals surface area (Å²) in [6, 6.07) is 0. The Morgan fingerprint density at radius 3 is 3.00 bits per heavy atom. The molecule has 0 aliphatic rings. The van der Waals surface area contributed by atoms with Crippen molar-refractivity contribution in [2.24, 2.45) is 0 Å². The van der Waals surface area contributed by atoms with Gasteiger partial charge in [-0.1, -0.05) is 0 Å². The molecule has 3 nitrogen and oxygen atoms in total. The van der Waals surface area contributed by atoms with Crippen LogP contribution in [0.2, 0.25) is 0 Å². The van der Waals surface area contributed by atoms with E-state index in [4.69, 9.17) is 4.74 Å². The average molecular weight is 214 g/mol. The maximum absolute atomic E-state index is 4.96. The van der Waals surface area contributed by atoms with Crippen LogP contribution in [-0.2, 0) is 11.2 Å². The number of hydrogen-bond acceptors (Lipinski definition) is 4. The molecule has 0 bridgehead atoms. The van der Waals surface area contributed by atoms with Crippen molar-refractivity contribution in [1.29, 1.82) is 0 Å². The van der Waals surface area contributed by atoms with E-state index in [2.05, 4.69) is 15.7 Å². The summed E-state index contributed by atoms with van der Waals surface area (Å²) in [6.45, 7) is 4.91. The van der Waals surface area contributed by atoms with Crippen LogP contribution in [0.5, 0.6) is 0 Å². The third kappa shape index (κ3) is 4.69. The van der Waals surface area contributed by atoms with E-state index in [9.17, 15) is 0 Å². The predicted octanol–water partition coefficient (Wildman–Crippen LogP) is 1.62. The number of thiazole rings is 1. The minimum Gasteiger partial charge on any atom is -0.385 e.